The quantitative estimate of drug-likeness (QED) is 0.325. The molecule has 1 amide bonds. The van der Waals surface area contributed by atoms with E-state index in [0.29, 0.717) is 6.42 Å². The van der Waals surface area contributed by atoms with E-state index < -0.39 is 0 Å². The molecule has 1 N–H and O–H groups in total. The summed E-state index contributed by atoms with van der Waals surface area (Å²) in [5.41, 5.74) is 7.35. The van der Waals surface area contributed by atoms with Crippen LogP contribution in [-0.4, -0.2) is 16.5 Å². The van der Waals surface area contributed by atoms with E-state index in [1.165, 1.54) is 38.7 Å². The lowest BCUT2D eigenvalue weighted by molar-refractivity contribution is -0.121. The maximum Gasteiger partial charge on any atom is 0.221 e. The first-order chi connectivity index (χ1) is 15.9. The van der Waals surface area contributed by atoms with Gasteiger partial charge in [-0.2, -0.15) is 0 Å². The highest BCUT2D eigenvalue weighted by molar-refractivity contribution is 5.87. The van der Waals surface area contributed by atoms with Crippen LogP contribution in [0.2, 0.25) is 0 Å². The fraction of sp³-hybridized carbons (Fsp3) is 0.300. The predicted octanol–water partition coefficient (Wildman–Crippen LogP) is 6.74. The first-order valence-corrected chi connectivity index (χ1v) is 11.9. The van der Waals surface area contributed by atoms with Gasteiger partial charge in [-0.15, -0.1) is 0 Å². The Morgan fingerprint density at radius 1 is 0.939 bits per heavy atom. The predicted molar refractivity (Wildman–Crippen MR) is 138 cm³/mol. The first-order valence-electron chi connectivity index (χ1n) is 11.9. The molecule has 0 aliphatic carbocycles. The van der Waals surface area contributed by atoms with E-state index in [-0.39, 0.29) is 17.9 Å². The van der Waals surface area contributed by atoms with Gasteiger partial charge in [0.25, 0.3) is 0 Å². The van der Waals surface area contributed by atoms with Crippen LogP contribution < -0.4 is 5.32 Å². The number of nitrogens with zero attached hydrogens (tertiary/aromatic N) is 1. The zero-order valence-corrected chi connectivity index (χ0v) is 20.1. The van der Waals surface area contributed by atoms with Gasteiger partial charge < -0.3 is 9.88 Å². The molecule has 33 heavy (non-hydrogen) atoms. The molecule has 0 bridgehead atoms. The van der Waals surface area contributed by atoms with E-state index >= 15 is 0 Å². The molecule has 2 atom stereocenters. The smallest absolute Gasteiger partial charge is 0.221 e. The van der Waals surface area contributed by atoms with Crippen LogP contribution in [0.25, 0.3) is 10.9 Å². The Balaban J connectivity index is 1.77. The molecule has 4 aromatic rings. The summed E-state index contributed by atoms with van der Waals surface area (Å²) in [4.78, 5) is 13.0. The minimum Gasteiger partial charge on any atom is -0.354 e. The highest BCUT2D eigenvalue weighted by Crippen LogP contribution is 2.35. The number of carbonyl (C=O) groups is 1. The summed E-state index contributed by atoms with van der Waals surface area (Å²) in [7, 11) is 0. The van der Waals surface area contributed by atoms with Crippen LogP contribution in [0.1, 0.15) is 60.4 Å². The van der Waals surface area contributed by atoms with Crippen LogP contribution in [0.15, 0.2) is 79.0 Å². The second-order valence-electron chi connectivity index (χ2n) is 9.26. The lowest BCUT2D eigenvalue weighted by Crippen LogP contribution is -2.33. The molecule has 170 valence electrons. The average molecular weight is 439 g/mol. The fourth-order valence-corrected chi connectivity index (χ4v) is 4.49. The highest BCUT2D eigenvalue weighted by atomic mass is 16.1. The molecule has 0 spiro atoms. The molecule has 0 radical (unpaired) electrons. The zero-order valence-electron chi connectivity index (χ0n) is 20.1. The minimum absolute atomic E-state index is 0.00174. The lowest BCUT2D eigenvalue weighted by atomic mass is 9.87. The Hall–Kier alpha value is -3.33. The highest BCUT2D eigenvalue weighted by Gasteiger charge is 2.23. The Morgan fingerprint density at radius 3 is 2.42 bits per heavy atom. The minimum atomic E-state index is -0.00174. The molecule has 3 aromatic carbocycles. The molecule has 0 saturated carbocycles. The number of para-hydroxylation sites is 1. The zero-order chi connectivity index (χ0) is 23.4. The summed E-state index contributed by atoms with van der Waals surface area (Å²) in [6.45, 7) is 9.19. The summed E-state index contributed by atoms with van der Waals surface area (Å²) >= 11 is 0. The largest absolute Gasteiger partial charge is 0.354 e. The summed E-state index contributed by atoms with van der Waals surface area (Å²) in [5.74, 6) is 0.101. The second-order valence-corrected chi connectivity index (χ2v) is 9.26. The Labute approximate surface area is 197 Å². The number of aryl methyl sites for hydroxylation is 2. The van der Waals surface area contributed by atoms with Crippen LogP contribution in [0.5, 0.6) is 0 Å². The molecule has 0 aliphatic heterocycles. The fourth-order valence-electron chi connectivity index (χ4n) is 4.49. The molecule has 3 heteroatoms. The summed E-state index contributed by atoms with van der Waals surface area (Å²) in [5, 5.41) is 4.38. The lowest BCUT2D eigenvalue weighted by Gasteiger charge is -2.19. The number of hydrogen-bond donors (Lipinski definition) is 1. The Bertz CT molecular complexity index is 1240. The Morgan fingerprint density at radius 2 is 1.70 bits per heavy atom. The van der Waals surface area contributed by atoms with Crippen molar-refractivity contribution in [2.75, 3.05) is 0 Å². The van der Waals surface area contributed by atoms with E-state index in [9.17, 15) is 4.79 Å². The molecular weight excluding hydrogens is 404 g/mol. The Kier molecular flexibility index (Phi) is 6.98. The van der Waals surface area contributed by atoms with Gasteiger partial charge in [-0.3, -0.25) is 4.79 Å². The van der Waals surface area contributed by atoms with Gasteiger partial charge in [-0.05, 0) is 49.9 Å². The molecule has 1 aromatic heterocycles. The van der Waals surface area contributed by atoms with Crippen molar-refractivity contribution in [1.82, 2.24) is 9.88 Å². The molecule has 0 unspecified atom stereocenters. The van der Waals surface area contributed by atoms with E-state index in [4.69, 9.17) is 0 Å². The van der Waals surface area contributed by atoms with E-state index in [1.54, 1.807) is 0 Å². The van der Waals surface area contributed by atoms with E-state index in [2.05, 4.69) is 117 Å². The molecule has 0 saturated heterocycles. The average Bonchev–Trinajstić information content (AvgIpc) is 3.17. The number of benzene rings is 3. The van der Waals surface area contributed by atoms with Crippen LogP contribution >= 0.6 is 0 Å². The third kappa shape index (κ3) is 5.36. The summed E-state index contributed by atoms with van der Waals surface area (Å²) in [6, 6.07) is 26.0. The van der Waals surface area contributed by atoms with Crippen LogP contribution in [0.3, 0.4) is 0 Å². The number of nitrogens with one attached hydrogen (secondary N) is 1. The van der Waals surface area contributed by atoms with Gasteiger partial charge in [-0.25, -0.2) is 0 Å². The number of aromatic nitrogens is 1. The van der Waals surface area contributed by atoms with Crippen LogP contribution in [0.4, 0.5) is 0 Å². The summed E-state index contributed by atoms with van der Waals surface area (Å²) in [6.07, 6.45) is 3.62. The molecule has 0 aliphatic rings. The SMILES string of the molecule is CC[C@@H](C)NC(=O)C[C@H](c1cccc(C)c1)c1cn(Cc2ccc(C)cc2)c2ccccc12. The maximum absolute atomic E-state index is 13.0. The second kappa shape index (κ2) is 10.1. The van der Waals surface area contributed by atoms with Gasteiger partial charge >= 0.3 is 0 Å². The van der Waals surface area contributed by atoms with Crippen molar-refractivity contribution in [3.05, 3.63) is 107 Å². The molecule has 0 fully saturated rings. The van der Waals surface area contributed by atoms with Crippen molar-refractivity contribution in [1.29, 1.82) is 0 Å². The van der Waals surface area contributed by atoms with Gasteiger partial charge in [0.2, 0.25) is 5.91 Å². The van der Waals surface area contributed by atoms with E-state index in [1.807, 2.05) is 0 Å². The van der Waals surface area contributed by atoms with Crippen molar-refractivity contribution in [3.8, 4) is 0 Å². The van der Waals surface area contributed by atoms with Crippen molar-refractivity contribution in [2.45, 2.75) is 59.0 Å². The normalized spacial score (nSPS) is 13.1. The van der Waals surface area contributed by atoms with Crippen molar-refractivity contribution >= 4 is 16.8 Å². The first kappa shape index (κ1) is 22.8. The third-order valence-electron chi connectivity index (χ3n) is 6.52. The number of amides is 1. The number of fused-ring (bicyclic) bond motifs is 1. The van der Waals surface area contributed by atoms with Gasteiger partial charge in [0.15, 0.2) is 0 Å². The number of carbonyl (C=O) groups excluding carboxylic acids is 1. The monoisotopic (exact) mass is 438 g/mol. The topological polar surface area (TPSA) is 34.0 Å². The van der Waals surface area contributed by atoms with Gasteiger partial charge in [0.1, 0.15) is 0 Å². The number of hydrogen-bond acceptors (Lipinski definition) is 1. The van der Waals surface area contributed by atoms with Crippen LogP contribution in [-0.2, 0) is 11.3 Å². The molecule has 1 heterocycles. The van der Waals surface area contributed by atoms with Crippen molar-refractivity contribution in [3.63, 3.8) is 0 Å². The standard InChI is InChI=1S/C30H34N2O/c1-5-23(4)31-30(33)18-27(25-10-8-9-22(3)17-25)28-20-32(29-12-7-6-11-26(28)29)19-24-15-13-21(2)14-16-24/h6-17,20,23,27H,5,18-19H2,1-4H3,(H,31,33)/t23-,27-/m1/s1. The molecular formula is C30H34N2O. The van der Waals surface area contributed by atoms with Crippen molar-refractivity contribution < 1.29 is 4.79 Å². The maximum atomic E-state index is 13.0. The van der Waals surface area contributed by atoms with E-state index in [0.717, 1.165) is 13.0 Å². The van der Waals surface area contributed by atoms with Crippen molar-refractivity contribution in [2.24, 2.45) is 0 Å². The molecule has 4 rings (SSSR count). The van der Waals surface area contributed by atoms with Gasteiger partial charge in [0, 0.05) is 42.0 Å². The third-order valence-corrected chi connectivity index (χ3v) is 6.52. The summed E-state index contributed by atoms with van der Waals surface area (Å²) < 4.78 is 2.32. The van der Waals surface area contributed by atoms with Gasteiger partial charge in [-0.1, -0.05) is 84.8 Å². The van der Waals surface area contributed by atoms with Crippen LogP contribution in [0, 0.1) is 13.8 Å². The van der Waals surface area contributed by atoms with Gasteiger partial charge in [0.05, 0.1) is 0 Å². The number of rotatable bonds is 8. The molecule has 3 nitrogen and oxygen atoms in total.